The molecule has 0 spiro atoms. The summed E-state index contributed by atoms with van der Waals surface area (Å²) in [5, 5.41) is 9.60. The van der Waals surface area contributed by atoms with Crippen LogP contribution >= 0.6 is 0 Å². The Morgan fingerprint density at radius 3 is 2.62 bits per heavy atom. The van der Waals surface area contributed by atoms with E-state index in [2.05, 4.69) is 6.92 Å². The van der Waals surface area contributed by atoms with Crippen molar-refractivity contribution in [3.63, 3.8) is 0 Å². The standard InChI is InChI=1S/C11H19F3O2/c1-8-3-4-9(15)10(7-8)16-6-2-5-11(12,13)14/h8-10,15H,2-7H2,1H3. The average molecular weight is 240 g/mol. The molecule has 1 aliphatic rings. The molecule has 5 heteroatoms. The van der Waals surface area contributed by atoms with Crippen LogP contribution in [0.4, 0.5) is 13.2 Å². The zero-order chi connectivity index (χ0) is 12.2. The molecule has 96 valence electrons. The molecule has 0 aromatic rings. The van der Waals surface area contributed by atoms with Crippen LogP contribution in [-0.2, 0) is 4.74 Å². The summed E-state index contributed by atoms with van der Waals surface area (Å²) in [5.41, 5.74) is 0. The maximum absolute atomic E-state index is 11.9. The second-order valence-electron chi connectivity index (χ2n) is 4.61. The van der Waals surface area contributed by atoms with E-state index in [0.717, 1.165) is 12.8 Å². The van der Waals surface area contributed by atoms with Gasteiger partial charge in [-0.05, 0) is 31.6 Å². The monoisotopic (exact) mass is 240 g/mol. The first-order valence-corrected chi connectivity index (χ1v) is 5.75. The van der Waals surface area contributed by atoms with Crippen LogP contribution in [0.5, 0.6) is 0 Å². The molecule has 0 radical (unpaired) electrons. The Morgan fingerprint density at radius 2 is 2.00 bits per heavy atom. The first-order valence-electron chi connectivity index (χ1n) is 5.75. The fraction of sp³-hybridized carbons (Fsp3) is 1.00. The molecule has 0 aromatic carbocycles. The molecule has 1 aliphatic carbocycles. The molecule has 0 bridgehead atoms. The summed E-state index contributed by atoms with van der Waals surface area (Å²) in [7, 11) is 0. The number of hydrogen-bond acceptors (Lipinski definition) is 2. The zero-order valence-electron chi connectivity index (χ0n) is 9.46. The van der Waals surface area contributed by atoms with Gasteiger partial charge in [0.25, 0.3) is 0 Å². The average Bonchev–Trinajstić information content (AvgIpc) is 2.16. The van der Waals surface area contributed by atoms with Gasteiger partial charge >= 0.3 is 6.18 Å². The van der Waals surface area contributed by atoms with Gasteiger partial charge in [-0.1, -0.05) is 6.92 Å². The van der Waals surface area contributed by atoms with E-state index in [0.29, 0.717) is 12.3 Å². The molecule has 1 fully saturated rings. The molecule has 0 saturated heterocycles. The van der Waals surface area contributed by atoms with Gasteiger partial charge in [-0.2, -0.15) is 13.2 Å². The Morgan fingerprint density at radius 1 is 1.31 bits per heavy atom. The van der Waals surface area contributed by atoms with Crippen molar-refractivity contribution >= 4 is 0 Å². The predicted octanol–water partition coefficient (Wildman–Crippen LogP) is 2.90. The maximum Gasteiger partial charge on any atom is 0.389 e. The minimum atomic E-state index is -4.11. The highest BCUT2D eigenvalue weighted by molar-refractivity contribution is 4.78. The number of hydrogen-bond donors (Lipinski definition) is 1. The molecular weight excluding hydrogens is 221 g/mol. The molecule has 1 saturated carbocycles. The number of halogens is 3. The van der Waals surface area contributed by atoms with E-state index in [1.807, 2.05) is 0 Å². The molecular formula is C11H19F3O2. The van der Waals surface area contributed by atoms with Crippen molar-refractivity contribution in [2.24, 2.45) is 5.92 Å². The molecule has 1 rings (SSSR count). The summed E-state index contributed by atoms with van der Waals surface area (Å²) >= 11 is 0. The zero-order valence-corrected chi connectivity index (χ0v) is 9.46. The van der Waals surface area contributed by atoms with Gasteiger partial charge in [0.1, 0.15) is 0 Å². The smallest absolute Gasteiger partial charge is 0.389 e. The molecule has 0 amide bonds. The summed E-state index contributed by atoms with van der Waals surface area (Å²) in [6.45, 7) is 2.14. The number of alkyl halides is 3. The Balaban J connectivity index is 2.16. The highest BCUT2D eigenvalue weighted by Gasteiger charge is 2.29. The van der Waals surface area contributed by atoms with Gasteiger partial charge < -0.3 is 9.84 Å². The second-order valence-corrected chi connectivity index (χ2v) is 4.61. The van der Waals surface area contributed by atoms with Crippen LogP contribution in [0.25, 0.3) is 0 Å². The lowest BCUT2D eigenvalue weighted by molar-refractivity contribution is -0.141. The van der Waals surface area contributed by atoms with E-state index in [9.17, 15) is 18.3 Å². The van der Waals surface area contributed by atoms with Crippen molar-refractivity contribution in [1.82, 2.24) is 0 Å². The van der Waals surface area contributed by atoms with Gasteiger partial charge in [-0.15, -0.1) is 0 Å². The van der Waals surface area contributed by atoms with Crippen molar-refractivity contribution in [2.45, 2.75) is 57.4 Å². The summed E-state index contributed by atoms with van der Waals surface area (Å²) in [4.78, 5) is 0. The third kappa shape index (κ3) is 5.16. The van der Waals surface area contributed by atoms with E-state index in [4.69, 9.17) is 4.74 Å². The normalized spacial score (nSPS) is 31.7. The van der Waals surface area contributed by atoms with Crippen LogP contribution in [0.1, 0.15) is 39.0 Å². The fourth-order valence-electron chi connectivity index (χ4n) is 2.00. The van der Waals surface area contributed by atoms with Gasteiger partial charge in [0.15, 0.2) is 0 Å². The highest BCUT2D eigenvalue weighted by Crippen LogP contribution is 2.27. The SMILES string of the molecule is CC1CCC(O)C(OCCCC(F)(F)F)C1. The van der Waals surface area contributed by atoms with Gasteiger partial charge in [-0.25, -0.2) is 0 Å². The lowest BCUT2D eigenvalue weighted by Gasteiger charge is -2.31. The lowest BCUT2D eigenvalue weighted by Crippen LogP contribution is -2.35. The third-order valence-corrected chi connectivity index (χ3v) is 2.96. The quantitative estimate of drug-likeness (QED) is 0.766. The first kappa shape index (κ1) is 13.8. The summed E-state index contributed by atoms with van der Waals surface area (Å²) in [5.74, 6) is 0.482. The number of aliphatic hydroxyl groups is 1. The van der Waals surface area contributed by atoms with Crippen LogP contribution < -0.4 is 0 Å². The predicted molar refractivity (Wildman–Crippen MR) is 54.1 cm³/mol. The summed E-state index contributed by atoms with van der Waals surface area (Å²) < 4.78 is 40.9. The number of rotatable bonds is 4. The van der Waals surface area contributed by atoms with E-state index < -0.39 is 18.7 Å². The Kier molecular flexibility index (Phi) is 5.05. The van der Waals surface area contributed by atoms with Crippen LogP contribution in [-0.4, -0.2) is 30.1 Å². The van der Waals surface area contributed by atoms with E-state index >= 15 is 0 Å². The van der Waals surface area contributed by atoms with Crippen LogP contribution in [0.3, 0.4) is 0 Å². The van der Waals surface area contributed by atoms with Gasteiger partial charge in [0.2, 0.25) is 0 Å². The number of aliphatic hydroxyl groups excluding tert-OH is 1. The molecule has 3 unspecified atom stereocenters. The molecule has 1 N–H and O–H groups in total. The fourth-order valence-corrected chi connectivity index (χ4v) is 2.00. The molecule has 0 aliphatic heterocycles. The highest BCUT2D eigenvalue weighted by atomic mass is 19.4. The Bertz CT molecular complexity index is 206. The van der Waals surface area contributed by atoms with Crippen LogP contribution in [0.15, 0.2) is 0 Å². The number of ether oxygens (including phenoxy) is 1. The second kappa shape index (κ2) is 5.87. The van der Waals surface area contributed by atoms with Gasteiger partial charge in [0, 0.05) is 13.0 Å². The van der Waals surface area contributed by atoms with Crippen LogP contribution in [0, 0.1) is 5.92 Å². The van der Waals surface area contributed by atoms with Crippen molar-refractivity contribution in [1.29, 1.82) is 0 Å². The summed E-state index contributed by atoms with van der Waals surface area (Å²) in [6.07, 6.45) is -3.35. The minimum Gasteiger partial charge on any atom is -0.390 e. The van der Waals surface area contributed by atoms with Crippen molar-refractivity contribution in [3.8, 4) is 0 Å². The van der Waals surface area contributed by atoms with E-state index in [-0.39, 0.29) is 19.1 Å². The van der Waals surface area contributed by atoms with Gasteiger partial charge in [-0.3, -0.25) is 0 Å². The Labute approximate surface area is 93.8 Å². The molecule has 3 atom stereocenters. The van der Waals surface area contributed by atoms with Crippen molar-refractivity contribution in [3.05, 3.63) is 0 Å². The van der Waals surface area contributed by atoms with Crippen molar-refractivity contribution < 1.29 is 23.0 Å². The van der Waals surface area contributed by atoms with Crippen LogP contribution in [0.2, 0.25) is 0 Å². The summed E-state index contributed by atoms with van der Waals surface area (Å²) in [6, 6.07) is 0. The Hall–Kier alpha value is -0.290. The molecule has 0 aromatic heterocycles. The van der Waals surface area contributed by atoms with Gasteiger partial charge in [0.05, 0.1) is 12.2 Å². The third-order valence-electron chi connectivity index (χ3n) is 2.96. The minimum absolute atomic E-state index is 0.0267. The molecule has 16 heavy (non-hydrogen) atoms. The lowest BCUT2D eigenvalue weighted by atomic mass is 9.86. The maximum atomic E-state index is 11.9. The van der Waals surface area contributed by atoms with Crippen molar-refractivity contribution in [2.75, 3.05) is 6.61 Å². The first-order chi connectivity index (χ1) is 7.38. The molecule has 2 nitrogen and oxygen atoms in total. The largest absolute Gasteiger partial charge is 0.390 e. The van der Waals surface area contributed by atoms with E-state index in [1.165, 1.54) is 0 Å². The molecule has 0 heterocycles. The topological polar surface area (TPSA) is 29.5 Å². The van der Waals surface area contributed by atoms with E-state index in [1.54, 1.807) is 0 Å².